The van der Waals surface area contributed by atoms with Gasteiger partial charge in [0, 0.05) is 23.0 Å². The molecule has 0 radical (unpaired) electrons. The van der Waals surface area contributed by atoms with Crippen LogP contribution in [0.1, 0.15) is 26.2 Å². The summed E-state index contributed by atoms with van der Waals surface area (Å²) in [4.78, 5) is 17.4. The van der Waals surface area contributed by atoms with Gasteiger partial charge in [0.1, 0.15) is 9.84 Å². The van der Waals surface area contributed by atoms with Gasteiger partial charge in [-0.2, -0.15) is 0 Å². The molecule has 0 aliphatic heterocycles. The Labute approximate surface area is 154 Å². The molecular weight excluding hydrogens is 412 g/mol. The van der Waals surface area contributed by atoms with Crippen LogP contribution in [0, 0.1) is 0 Å². The van der Waals surface area contributed by atoms with Crippen molar-refractivity contribution >= 4 is 48.4 Å². The Kier molecular flexibility index (Phi) is 6.88. The second-order valence-electron chi connectivity index (χ2n) is 5.70. The van der Waals surface area contributed by atoms with Gasteiger partial charge in [0.25, 0.3) is 5.56 Å². The smallest absolute Gasteiger partial charge is 0.262 e. The predicted octanol–water partition coefficient (Wildman–Crippen LogP) is 3.49. The Bertz CT molecular complexity index is 879. The molecule has 132 valence electrons. The maximum Gasteiger partial charge on any atom is 0.262 e. The number of thioether (sulfide) groups is 1. The van der Waals surface area contributed by atoms with Crippen LogP contribution in [-0.4, -0.2) is 35.7 Å². The average molecular weight is 433 g/mol. The SMILES string of the molecule is CCCCCn1c(SCCS(C)(=O)=O)nc2ccc(Br)cc2c1=O. The van der Waals surface area contributed by atoms with Gasteiger partial charge in [0.2, 0.25) is 0 Å². The van der Waals surface area contributed by atoms with Crippen LogP contribution in [0.3, 0.4) is 0 Å². The van der Waals surface area contributed by atoms with E-state index in [0.717, 1.165) is 23.7 Å². The minimum absolute atomic E-state index is 0.0701. The average Bonchev–Trinajstić information content (AvgIpc) is 2.50. The fraction of sp³-hybridized carbons (Fsp3) is 0.500. The summed E-state index contributed by atoms with van der Waals surface area (Å²) < 4.78 is 25.2. The molecule has 0 spiro atoms. The zero-order valence-corrected chi connectivity index (χ0v) is 17.0. The van der Waals surface area contributed by atoms with Crippen molar-refractivity contribution in [3.63, 3.8) is 0 Å². The van der Waals surface area contributed by atoms with Crippen LogP contribution in [0.25, 0.3) is 10.9 Å². The predicted molar refractivity (Wildman–Crippen MR) is 104 cm³/mol. The van der Waals surface area contributed by atoms with Gasteiger partial charge in [-0.25, -0.2) is 13.4 Å². The summed E-state index contributed by atoms with van der Waals surface area (Å²) >= 11 is 4.72. The largest absolute Gasteiger partial charge is 0.287 e. The molecule has 1 aromatic carbocycles. The number of halogens is 1. The molecule has 0 bridgehead atoms. The summed E-state index contributed by atoms with van der Waals surface area (Å²) in [7, 11) is -3.03. The Hall–Kier alpha value is -0.860. The molecule has 0 amide bonds. The van der Waals surface area contributed by atoms with E-state index in [1.54, 1.807) is 16.7 Å². The van der Waals surface area contributed by atoms with Crippen molar-refractivity contribution in [2.24, 2.45) is 0 Å². The van der Waals surface area contributed by atoms with Gasteiger partial charge in [0.15, 0.2) is 5.16 Å². The fourth-order valence-electron chi connectivity index (χ4n) is 2.28. The van der Waals surface area contributed by atoms with E-state index in [1.165, 1.54) is 18.0 Å². The molecule has 1 aromatic heterocycles. The molecule has 5 nitrogen and oxygen atoms in total. The van der Waals surface area contributed by atoms with Crippen molar-refractivity contribution in [3.8, 4) is 0 Å². The van der Waals surface area contributed by atoms with Crippen molar-refractivity contribution < 1.29 is 8.42 Å². The number of unbranched alkanes of at least 4 members (excludes halogenated alkanes) is 2. The van der Waals surface area contributed by atoms with Gasteiger partial charge in [-0.1, -0.05) is 47.5 Å². The molecule has 2 rings (SSSR count). The Balaban J connectivity index is 2.40. The zero-order chi connectivity index (χ0) is 17.7. The van der Waals surface area contributed by atoms with Crippen molar-refractivity contribution in [1.82, 2.24) is 9.55 Å². The molecule has 0 unspecified atom stereocenters. The van der Waals surface area contributed by atoms with Crippen LogP contribution in [-0.2, 0) is 16.4 Å². The standard InChI is InChI=1S/C16H21BrN2O3S2/c1-3-4-5-8-19-15(20)13-11-12(17)6-7-14(13)18-16(19)23-9-10-24(2,21)22/h6-7,11H,3-5,8-10H2,1-2H3. The minimum Gasteiger partial charge on any atom is -0.287 e. The Morgan fingerprint density at radius 3 is 2.71 bits per heavy atom. The summed E-state index contributed by atoms with van der Waals surface area (Å²) in [5.74, 6) is 0.460. The van der Waals surface area contributed by atoms with Gasteiger partial charge < -0.3 is 0 Å². The molecule has 8 heteroatoms. The summed E-state index contributed by atoms with van der Waals surface area (Å²) in [5, 5.41) is 1.17. The highest BCUT2D eigenvalue weighted by atomic mass is 79.9. The van der Waals surface area contributed by atoms with E-state index in [1.807, 2.05) is 6.07 Å². The molecule has 0 N–H and O–H groups in total. The normalized spacial score (nSPS) is 12.0. The summed E-state index contributed by atoms with van der Waals surface area (Å²) in [6.45, 7) is 2.71. The van der Waals surface area contributed by atoms with E-state index in [0.29, 0.717) is 28.4 Å². The van der Waals surface area contributed by atoms with Crippen LogP contribution >= 0.6 is 27.7 Å². The second kappa shape index (κ2) is 8.49. The van der Waals surface area contributed by atoms with E-state index in [9.17, 15) is 13.2 Å². The van der Waals surface area contributed by atoms with Gasteiger partial charge in [-0.3, -0.25) is 9.36 Å². The first kappa shape index (κ1) is 19.5. The number of rotatable bonds is 8. The van der Waals surface area contributed by atoms with Crippen molar-refractivity contribution in [3.05, 3.63) is 33.0 Å². The number of nitrogens with zero attached hydrogens (tertiary/aromatic N) is 2. The van der Waals surface area contributed by atoms with E-state index in [4.69, 9.17) is 0 Å². The molecule has 0 aliphatic rings. The number of benzene rings is 1. The maximum atomic E-state index is 12.8. The van der Waals surface area contributed by atoms with Gasteiger partial charge >= 0.3 is 0 Å². The third-order valence-corrected chi connectivity index (χ3v) is 6.23. The Morgan fingerprint density at radius 1 is 1.29 bits per heavy atom. The molecule has 2 aromatic rings. The molecule has 0 atom stereocenters. The molecule has 0 saturated carbocycles. The highest BCUT2D eigenvalue weighted by molar-refractivity contribution is 9.10. The summed E-state index contributed by atoms with van der Waals surface area (Å²) in [6, 6.07) is 5.44. The highest BCUT2D eigenvalue weighted by Crippen LogP contribution is 2.21. The van der Waals surface area contributed by atoms with E-state index < -0.39 is 9.84 Å². The number of hydrogen-bond donors (Lipinski definition) is 0. The first-order valence-corrected chi connectivity index (χ1v) is 11.7. The monoisotopic (exact) mass is 432 g/mol. The number of hydrogen-bond acceptors (Lipinski definition) is 5. The van der Waals surface area contributed by atoms with Gasteiger partial charge in [0.05, 0.1) is 16.7 Å². The third-order valence-electron chi connectivity index (χ3n) is 3.55. The van der Waals surface area contributed by atoms with Gasteiger partial charge in [-0.05, 0) is 24.6 Å². The first-order chi connectivity index (χ1) is 11.3. The molecule has 24 heavy (non-hydrogen) atoms. The lowest BCUT2D eigenvalue weighted by Gasteiger charge is -2.13. The van der Waals surface area contributed by atoms with E-state index in [-0.39, 0.29) is 11.3 Å². The lowest BCUT2D eigenvalue weighted by Crippen LogP contribution is -2.24. The molecule has 1 heterocycles. The summed E-state index contributed by atoms with van der Waals surface area (Å²) in [6.07, 6.45) is 4.22. The number of fused-ring (bicyclic) bond motifs is 1. The maximum absolute atomic E-state index is 12.8. The van der Waals surface area contributed by atoms with Crippen LogP contribution in [0.5, 0.6) is 0 Å². The van der Waals surface area contributed by atoms with E-state index >= 15 is 0 Å². The lowest BCUT2D eigenvalue weighted by molar-refractivity contribution is 0.541. The number of aromatic nitrogens is 2. The van der Waals surface area contributed by atoms with Crippen molar-refractivity contribution in [2.45, 2.75) is 37.9 Å². The topological polar surface area (TPSA) is 69.0 Å². The molecule has 0 fully saturated rings. The van der Waals surface area contributed by atoms with Crippen molar-refractivity contribution in [2.75, 3.05) is 17.8 Å². The van der Waals surface area contributed by atoms with E-state index in [2.05, 4.69) is 27.8 Å². The molecule has 0 saturated heterocycles. The number of sulfone groups is 1. The van der Waals surface area contributed by atoms with Crippen LogP contribution in [0.15, 0.2) is 32.6 Å². The first-order valence-electron chi connectivity index (χ1n) is 7.82. The fourth-order valence-corrected chi connectivity index (χ4v) is 4.87. The van der Waals surface area contributed by atoms with Crippen molar-refractivity contribution in [1.29, 1.82) is 0 Å². The minimum atomic E-state index is -3.03. The van der Waals surface area contributed by atoms with Gasteiger partial charge in [-0.15, -0.1) is 0 Å². The lowest BCUT2D eigenvalue weighted by atomic mass is 10.2. The van der Waals surface area contributed by atoms with Crippen LogP contribution in [0.4, 0.5) is 0 Å². The second-order valence-corrected chi connectivity index (χ2v) is 9.94. The molecular formula is C16H21BrN2O3S2. The quantitative estimate of drug-likeness (QED) is 0.362. The molecule has 0 aliphatic carbocycles. The summed E-state index contributed by atoms with van der Waals surface area (Å²) in [5.41, 5.74) is 0.566. The zero-order valence-electron chi connectivity index (χ0n) is 13.8. The Morgan fingerprint density at radius 2 is 2.04 bits per heavy atom. The van der Waals surface area contributed by atoms with Crippen LogP contribution in [0.2, 0.25) is 0 Å². The highest BCUT2D eigenvalue weighted by Gasteiger charge is 2.13. The third kappa shape index (κ3) is 5.32. The van der Waals surface area contributed by atoms with Crippen LogP contribution < -0.4 is 5.56 Å².